The Hall–Kier alpha value is -2.09. The maximum absolute atomic E-state index is 5.85. The summed E-state index contributed by atoms with van der Waals surface area (Å²) in [4.78, 5) is 12.1. The fraction of sp³-hybridized carbons (Fsp3) is 0.312. The Morgan fingerprint density at radius 2 is 2.35 bits per heavy atom. The highest BCUT2D eigenvalue weighted by atomic mass is 32.1. The molecule has 0 bridgehead atoms. The zero-order valence-corrected chi connectivity index (χ0v) is 13.4. The Labute approximate surface area is 138 Å². The van der Waals surface area contributed by atoms with Crippen LogP contribution in [0.2, 0.25) is 0 Å². The minimum atomic E-state index is -0.0189. The fourth-order valence-electron chi connectivity index (χ4n) is 2.81. The average molecular weight is 327 g/mol. The van der Waals surface area contributed by atoms with Crippen molar-refractivity contribution in [3.63, 3.8) is 0 Å². The molecule has 1 saturated heterocycles. The number of aromatic amines is 1. The van der Waals surface area contributed by atoms with Gasteiger partial charge in [0.25, 0.3) is 0 Å². The van der Waals surface area contributed by atoms with Crippen LogP contribution in [0, 0.1) is 0 Å². The van der Waals surface area contributed by atoms with E-state index in [0.29, 0.717) is 6.61 Å². The summed E-state index contributed by atoms with van der Waals surface area (Å²) in [5, 5.41) is 9.43. The highest BCUT2D eigenvalue weighted by Gasteiger charge is 2.24. The Kier molecular flexibility index (Phi) is 4.14. The van der Waals surface area contributed by atoms with Crippen molar-refractivity contribution in [3.05, 3.63) is 53.6 Å². The number of ether oxygens (including phenoxy) is 1. The molecule has 0 radical (unpaired) electrons. The lowest BCUT2D eigenvalue weighted by Gasteiger charge is -2.32. The summed E-state index contributed by atoms with van der Waals surface area (Å²) in [6.45, 7) is 3.27. The summed E-state index contributed by atoms with van der Waals surface area (Å²) in [5.74, 6) is 0. The van der Waals surface area contributed by atoms with E-state index in [1.807, 2.05) is 6.20 Å². The van der Waals surface area contributed by atoms with Gasteiger partial charge in [-0.1, -0.05) is 6.07 Å². The van der Waals surface area contributed by atoms with Gasteiger partial charge in [0, 0.05) is 37.6 Å². The summed E-state index contributed by atoms with van der Waals surface area (Å²) in [5.41, 5.74) is 3.22. The predicted octanol–water partition coefficient (Wildman–Crippen LogP) is 2.50. The zero-order valence-electron chi connectivity index (χ0n) is 12.6. The minimum absolute atomic E-state index is 0.0189. The summed E-state index contributed by atoms with van der Waals surface area (Å²) in [7, 11) is 0. The number of rotatable bonds is 4. The van der Waals surface area contributed by atoms with Gasteiger partial charge in [-0.25, -0.2) is 0 Å². The van der Waals surface area contributed by atoms with Crippen molar-refractivity contribution in [1.82, 2.24) is 25.1 Å². The van der Waals surface area contributed by atoms with E-state index in [2.05, 4.69) is 42.6 Å². The third-order valence-electron chi connectivity index (χ3n) is 3.94. The second kappa shape index (κ2) is 6.57. The highest BCUT2D eigenvalue weighted by Crippen LogP contribution is 2.28. The van der Waals surface area contributed by atoms with E-state index in [9.17, 15) is 0 Å². The van der Waals surface area contributed by atoms with Gasteiger partial charge in [-0.3, -0.25) is 20.0 Å². The second-order valence-electron chi connectivity index (χ2n) is 5.47. The number of thiophene rings is 1. The molecule has 0 spiro atoms. The fourth-order valence-corrected chi connectivity index (χ4v) is 3.56. The first-order valence-corrected chi connectivity index (χ1v) is 8.44. The molecule has 1 aliphatic heterocycles. The molecule has 23 heavy (non-hydrogen) atoms. The van der Waals surface area contributed by atoms with Gasteiger partial charge in [0.05, 0.1) is 35.3 Å². The van der Waals surface area contributed by atoms with Crippen molar-refractivity contribution in [2.45, 2.75) is 12.6 Å². The van der Waals surface area contributed by atoms with Crippen molar-refractivity contribution in [1.29, 1.82) is 0 Å². The molecular formula is C16H17N5OS. The SMILES string of the molecule is c1csc(-c2[nH]ncc2CN2CCO[C@H](c3cnccn3)C2)c1. The van der Waals surface area contributed by atoms with Crippen molar-refractivity contribution in [3.8, 4) is 10.6 Å². The molecule has 4 rings (SSSR count). The molecule has 0 amide bonds. The van der Waals surface area contributed by atoms with Crippen molar-refractivity contribution in [2.75, 3.05) is 19.7 Å². The molecule has 4 heterocycles. The highest BCUT2D eigenvalue weighted by molar-refractivity contribution is 7.13. The quantitative estimate of drug-likeness (QED) is 0.797. The number of morpholine rings is 1. The van der Waals surface area contributed by atoms with Gasteiger partial charge >= 0.3 is 0 Å². The number of hydrogen-bond acceptors (Lipinski definition) is 6. The van der Waals surface area contributed by atoms with Crippen molar-refractivity contribution >= 4 is 11.3 Å². The molecule has 0 aromatic carbocycles. The molecule has 0 aliphatic carbocycles. The Morgan fingerprint density at radius 3 is 3.17 bits per heavy atom. The number of H-pyrrole nitrogens is 1. The first kappa shape index (κ1) is 14.5. The first-order valence-electron chi connectivity index (χ1n) is 7.56. The van der Waals surface area contributed by atoms with E-state index in [-0.39, 0.29) is 6.10 Å². The lowest BCUT2D eigenvalue weighted by Crippen LogP contribution is -2.38. The van der Waals surface area contributed by atoms with Crippen LogP contribution in [-0.4, -0.2) is 44.8 Å². The van der Waals surface area contributed by atoms with E-state index in [4.69, 9.17) is 4.74 Å². The van der Waals surface area contributed by atoms with E-state index in [1.165, 1.54) is 10.4 Å². The molecule has 1 atom stereocenters. The van der Waals surface area contributed by atoms with Gasteiger partial charge in [-0.15, -0.1) is 11.3 Å². The van der Waals surface area contributed by atoms with Crippen LogP contribution >= 0.6 is 11.3 Å². The molecular weight excluding hydrogens is 310 g/mol. The minimum Gasteiger partial charge on any atom is -0.369 e. The summed E-state index contributed by atoms with van der Waals surface area (Å²) >= 11 is 1.72. The third kappa shape index (κ3) is 3.17. The van der Waals surface area contributed by atoms with Crippen LogP contribution in [0.15, 0.2) is 42.3 Å². The summed E-state index contributed by atoms with van der Waals surface area (Å²) in [6, 6.07) is 4.17. The van der Waals surface area contributed by atoms with Gasteiger partial charge in [-0.2, -0.15) is 5.10 Å². The smallest absolute Gasteiger partial charge is 0.114 e. The van der Waals surface area contributed by atoms with E-state index in [1.54, 1.807) is 29.9 Å². The Morgan fingerprint density at radius 1 is 1.35 bits per heavy atom. The van der Waals surface area contributed by atoms with E-state index < -0.39 is 0 Å². The molecule has 1 N–H and O–H groups in total. The van der Waals surface area contributed by atoms with Crippen LogP contribution in [-0.2, 0) is 11.3 Å². The van der Waals surface area contributed by atoms with Crippen LogP contribution in [0.4, 0.5) is 0 Å². The summed E-state index contributed by atoms with van der Waals surface area (Å²) < 4.78 is 5.85. The van der Waals surface area contributed by atoms with Crippen molar-refractivity contribution < 1.29 is 4.74 Å². The molecule has 6 nitrogen and oxygen atoms in total. The molecule has 1 aliphatic rings. The van der Waals surface area contributed by atoms with Crippen LogP contribution < -0.4 is 0 Å². The molecule has 3 aromatic rings. The van der Waals surface area contributed by atoms with E-state index >= 15 is 0 Å². The van der Waals surface area contributed by atoms with Gasteiger partial charge in [0.2, 0.25) is 0 Å². The number of hydrogen-bond donors (Lipinski definition) is 1. The predicted molar refractivity (Wildman–Crippen MR) is 87.9 cm³/mol. The zero-order chi connectivity index (χ0) is 15.5. The molecule has 0 saturated carbocycles. The van der Waals surface area contributed by atoms with Gasteiger partial charge in [0.15, 0.2) is 0 Å². The largest absolute Gasteiger partial charge is 0.369 e. The lowest BCUT2D eigenvalue weighted by atomic mass is 10.1. The van der Waals surface area contributed by atoms with Gasteiger partial charge in [-0.05, 0) is 11.4 Å². The van der Waals surface area contributed by atoms with Gasteiger partial charge in [0.1, 0.15) is 6.10 Å². The maximum atomic E-state index is 5.85. The number of nitrogens with one attached hydrogen (secondary N) is 1. The normalized spacial score (nSPS) is 19.0. The number of aromatic nitrogens is 4. The van der Waals surface area contributed by atoms with E-state index in [0.717, 1.165) is 31.0 Å². The average Bonchev–Trinajstić information content (AvgIpc) is 3.27. The monoisotopic (exact) mass is 327 g/mol. The topological polar surface area (TPSA) is 66.9 Å². The van der Waals surface area contributed by atoms with Crippen LogP contribution in [0.5, 0.6) is 0 Å². The summed E-state index contributed by atoms with van der Waals surface area (Å²) in [6.07, 6.45) is 7.07. The lowest BCUT2D eigenvalue weighted by molar-refractivity contribution is -0.0351. The molecule has 3 aromatic heterocycles. The van der Waals surface area contributed by atoms with Gasteiger partial charge < -0.3 is 4.74 Å². The second-order valence-corrected chi connectivity index (χ2v) is 6.42. The molecule has 1 fully saturated rings. The molecule has 7 heteroatoms. The molecule has 118 valence electrons. The standard InChI is InChI=1S/C16H17N5OS/c1-2-15(23-7-1)16-12(8-19-20-16)10-21-5-6-22-14(11-21)13-9-17-3-4-18-13/h1-4,7-9,14H,5-6,10-11H2,(H,19,20)/t14-/m0/s1. The molecule has 0 unspecified atom stereocenters. The first-order chi connectivity index (χ1) is 11.4. The number of nitrogens with zero attached hydrogens (tertiary/aromatic N) is 4. The Bertz CT molecular complexity index is 743. The van der Waals surface area contributed by atoms with Crippen LogP contribution in [0.25, 0.3) is 10.6 Å². The maximum Gasteiger partial charge on any atom is 0.114 e. The Balaban J connectivity index is 1.48. The van der Waals surface area contributed by atoms with Crippen molar-refractivity contribution in [2.24, 2.45) is 0 Å². The van der Waals surface area contributed by atoms with Crippen LogP contribution in [0.3, 0.4) is 0 Å². The van der Waals surface area contributed by atoms with Crippen LogP contribution in [0.1, 0.15) is 17.4 Å². The third-order valence-corrected chi connectivity index (χ3v) is 4.83.